The first kappa shape index (κ1) is 18.1. The van der Waals surface area contributed by atoms with E-state index in [9.17, 15) is 8.42 Å². The first-order valence-corrected chi connectivity index (χ1v) is 8.96. The quantitative estimate of drug-likeness (QED) is 0.813. The summed E-state index contributed by atoms with van der Waals surface area (Å²) in [5.41, 5.74) is 7.52. The first-order valence-electron chi connectivity index (χ1n) is 7.48. The van der Waals surface area contributed by atoms with Gasteiger partial charge >= 0.3 is 0 Å². The van der Waals surface area contributed by atoms with E-state index in [1.54, 1.807) is 18.2 Å². The highest BCUT2D eigenvalue weighted by Crippen LogP contribution is 2.21. The number of benzene rings is 1. The van der Waals surface area contributed by atoms with Gasteiger partial charge in [0.05, 0.1) is 4.90 Å². The third-order valence-electron chi connectivity index (χ3n) is 4.07. The van der Waals surface area contributed by atoms with Gasteiger partial charge in [-0.1, -0.05) is 33.8 Å². The van der Waals surface area contributed by atoms with Crippen LogP contribution in [0.3, 0.4) is 0 Å². The zero-order valence-corrected chi connectivity index (χ0v) is 14.5. The Kier molecular flexibility index (Phi) is 6.38. The minimum atomic E-state index is -3.48. The van der Waals surface area contributed by atoms with E-state index in [1.165, 1.54) is 0 Å². The standard InChI is InChI=1S/C16H28N2O2S/c1-11(2)16(12(3)4)10-18-21(19,20)15-7-6-13(5)14(8-15)9-17/h6-8,11-12,16,18H,9-10,17H2,1-5H3. The third-order valence-corrected chi connectivity index (χ3v) is 5.49. The van der Waals surface area contributed by atoms with Gasteiger partial charge in [0.25, 0.3) is 0 Å². The van der Waals surface area contributed by atoms with E-state index in [0.29, 0.717) is 35.7 Å². The lowest BCUT2D eigenvalue weighted by Crippen LogP contribution is -2.34. The van der Waals surface area contributed by atoms with Gasteiger partial charge in [-0.25, -0.2) is 13.1 Å². The molecule has 120 valence electrons. The van der Waals surface area contributed by atoms with Crippen LogP contribution in [0.25, 0.3) is 0 Å². The maximum absolute atomic E-state index is 12.4. The Hall–Kier alpha value is -0.910. The molecule has 0 bridgehead atoms. The Labute approximate surface area is 129 Å². The zero-order valence-electron chi connectivity index (χ0n) is 13.7. The smallest absolute Gasteiger partial charge is 0.240 e. The lowest BCUT2D eigenvalue weighted by molar-refractivity contribution is 0.289. The van der Waals surface area contributed by atoms with Gasteiger partial charge in [-0.3, -0.25) is 0 Å². The summed E-state index contributed by atoms with van der Waals surface area (Å²) in [5.74, 6) is 1.19. The lowest BCUT2D eigenvalue weighted by atomic mass is 9.86. The van der Waals surface area contributed by atoms with Crippen LogP contribution in [0.1, 0.15) is 38.8 Å². The third kappa shape index (κ3) is 4.80. The summed E-state index contributed by atoms with van der Waals surface area (Å²) in [6, 6.07) is 5.10. The predicted molar refractivity (Wildman–Crippen MR) is 87.4 cm³/mol. The Bertz CT molecular complexity index is 558. The fourth-order valence-corrected chi connectivity index (χ4v) is 3.69. The van der Waals surface area contributed by atoms with Gasteiger partial charge in [-0.05, 0) is 47.9 Å². The molecule has 0 atom stereocenters. The van der Waals surface area contributed by atoms with Crippen molar-refractivity contribution in [2.24, 2.45) is 23.5 Å². The fourth-order valence-electron chi connectivity index (χ4n) is 2.57. The molecule has 0 fully saturated rings. The van der Waals surface area contributed by atoms with E-state index in [-0.39, 0.29) is 0 Å². The van der Waals surface area contributed by atoms with Gasteiger partial charge in [0.2, 0.25) is 10.0 Å². The van der Waals surface area contributed by atoms with Crippen LogP contribution >= 0.6 is 0 Å². The summed E-state index contributed by atoms with van der Waals surface area (Å²) in [7, 11) is -3.48. The molecule has 0 aliphatic rings. The van der Waals surface area contributed by atoms with Crippen LogP contribution in [-0.2, 0) is 16.6 Å². The molecule has 0 amide bonds. The minimum absolute atomic E-state index is 0.291. The number of sulfonamides is 1. The van der Waals surface area contributed by atoms with Crippen molar-refractivity contribution in [2.45, 2.75) is 46.1 Å². The summed E-state index contributed by atoms with van der Waals surface area (Å²) in [5, 5.41) is 0. The van der Waals surface area contributed by atoms with Crippen LogP contribution in [0.2, 0.25) is 0 Å². The van der Waals surface area contributed by atoms with Gasteiger partial charge in [0.15, 0.2) is 0 Å². The molecular formula is C16H28N2O2S. The van der Waals surface area contributed by atoms with Gasteiger partial charge in [-0.2, -0.15) is 0 Å². The SMILES string of the molecule is Cc1ccc(S(=O)(=O)NCC(C(C)C)C(C)C)cc1CN. The summed E-state index contributed by atoms with van der Waals surface area (Å²) < 4.78 is 27.6. The van der Waals surface area contributed by atoms with Crippen LogP contribution in [0.5, 0.6) is 0 Å². The summed E-state index contributed by atoms with van der Waals surface area (Å²) in [6.45, 7) is 11.2. The molecule has 0 aromatic heterocycles. The second-order valence-electron chi connectivity index (χ2n) is 6.30. The average molecular weight is 312 g/mol. The highest BCUT2D eigenvalue weighted by atomic mass is 32.2. The average Bonchev–Trinajstić information content (AvgIpc) is 2.38. The Morgan fingerprint density at radius 1 is 1.14 bits per heavy atom. The molecule has 0 aliphatic heterocycles. The maximum atomic E-state index is 12.4. The predicted octanol–water partition coefficient (Wildman–Crippen LogP) is 2.66. The van der Waals surface area contributed by atoms with Crippen molar-refractivity contribution in [2.75, 3.05) is 6.54 Å². The fraction of sp³-hybridized carbons (Fsp3) is 0.625. The first-order chi connectivity index (χ1) is 9.69. The van der Waals surface area contributed by atoms with Crippen molar-refractivity contribution in [3.8, 4) is 0 Å². The van der Waals surface area contributed by atoms with Crippen LogP contribution < -0.4 is 10.5 Å². The van der Waals surface area contributed by atoms with E-state index in [4.69, 9.17) is 5.73 Å². The normalized spacial score (nSPS) is 12.6. The molecule has 0 aliphatic carbocycles. The van der Waals surface area contributed by atoms with Crippen molar-refractivity contribution in [1.82, 2.24) is 4.72 Å². The van der Waals surface area contributed by atoms with Crippen molar-refractivity contribution >= 4 is 10.0 Å². The molecule has 1 rings (SSSR count). The monoisotopic (exact) mass is 312 g/mol. The lowest BCUT2D eigenvalue weighted by Gasteiger charge is -2.25. The van der Waals surface area contributed by atoms with Crippen LogP contribution in [0.15, 0.2) is 23.1 Å². The van der Waals surface area contributed by atoms with E-state index in [0.717, 1.165) is 11.1 Å². The second-order valence-corrected chi connectivity index (χ2v) is 8.06. The Morgan fingerprint density at radius 3 is 2.19 bits per heavy atom. The summed E-state index contributed by atoms with van der Waals surface area (Å²) in [6.07, 6.45) is 0. The van der Waals surface area contributed by atoms with Crippen molar-refractivity contribution in [1.29, 1.82) is 0 Å². The number of rotatable bonds is 7. The van der Waals surface area contributed by atoms with E-state index in [2.05, 4.69) is 32.4 Å². The van der Waals surface area contributed by atoms with E-state index < -0.39 is 10.0 Å². The Balaban J connectivity index is 2.91. The van der Waals surface area contributed by atoms with Crippen molar-refractivity contribution in [3.05, 3.63) is 29.3 Å². The van der Waals surface area contributed by atoms with Crippen LogP contribution in [0, 0.1) is 24.7 Å². The van der Waals surface area contributed by atoms with Crippen LogP contribution in [0.4, 0.5) is 0 Å². The van der Waals surface area contributed by atoms with Crippen molar-refractivity contribution < 1.29 is 8.42 Å². The molecule has 0 spiro atoms. The molecule has 4 nitrogen and oxygen atoms in total. The molecule has 1 aromatic carbocycles. The van der Waals surface area contributed by atoms with Crippen LogP contribution in [-0.4, -0.2) is 15.0 Å². The summed E-state index contributed by atoms with van der Waals surface area (Å²) >= 11 is 0. The molecule has 21 heavy (non-hydrogen) atoms. The second kappa shape index (κ2) is 7.38. The van der Waals surface area contributed by atoms with E-state index in [1.807, 2.05) is 6.92 Å². The van der Waals surface area contributed by atoms with Crippen molar-refractivity contribution in [3.63, 3.8) is 0 Å². The molecule has 3 N–H and O–H groups in total. The number of nitrogens with two attached hydrogens (primary N) is 1. The number of aryl methyl sites for hydroxylation is 1. The van der Waals surface area contributed by atoms with Gasteiger partial charge < -0.3 is 5.73 Å². The molecule has 0 saturated heterocycles. The van der Waals surface area contributed by atoms with Gasteiger partial charge in [0.1, 0.15) is 0 Å². The molecular weight excluding hydrogens is 284 g/mol. The molecule has 0 unspecified atom stereocenters. The zero-order chi connectivity index (χ0) is 16.2. The summed E-state index contributed by atoms with van der Waals surface area (Å²) in [4.78, 5) is 0.291. The number of hydrogen-bond acceptors (Lipinski definition) is 3. The molecule has 5 heteroatoms. The molecule has 0 saturated carbocycles. The maximum Gasteiger partial charge on any atom is 0.240 e. The topological polar surface area (TPSA) is 72.2 Å². The molecule has 0 heterocycles. The van der Waals surface area contributed by atoms with Gasteiger partial charge in [-0.15, -0.1) is 0 Å². The number of hydrogen-bond donors (Lipinski definition) is 2. The highest BCUT2D eigenvalue weighted by molar-refractivity contribution is 7.89. The highest BCUT2D eigenvalue weighted by Gasteiger charge is 2.21. The van der Waals surface area contributed by atoms with Gasteiger partial charge in [0, 0.05) is 13.1 Å². The molecule has 0 radical (unpaired) electrons. The minimum Gasteiger partial charge on any atom is -0.326 e. The number of nitrogens with one attached hydrogen (secondary N) is 1. The molecule has 1 aromatic rings. The van der Waals surface area contributed by atoms with E-state index >= 15 is 0 Å². The largest absolute Gasteiger partial charge is 0.326 e. The Morgan fingerprint density at radius 2 is 1.71 bits per heavy atom.